The molecule has 0 aromatic heterocycles. The number of piperidine rings is 1. The molecule has 1 fully saturated rings. The van der Waals surface area contributed by atoms with Crippen LogP contribution in [0, 0.1) is 17.7 Å². The molecule has 0 radical (unpaired) electrons. The smallest absolute Gasteiger partial charge is 0.310 e. The van der Waals surface area contributed by atoms with Crippen molar-refractivity contribution in [3.8, 4) is 5.75 Å². The molecule has 0 saturated carbocycles. The first-order valence-corrected chi connectivity index (χ1v) is 6.86. The average molecular weight is 281 g/mol. The standard InChI is InChI=1S/C15H20FNO3/c1-17-7-5-11(6-8-17)14(15(18)19)10-20-13-4-2-3-12(16)9-13/h2-4,9,11,14H,5-8,10H2,1H3,(H,18,19). The molecule has 1 heterocycles. The lowest BCUT2D eigenvalue weighted by atomic mass is 9.85. The third-order valence-electron chi connectivity index (χ3n) is 3.88. The van der Waals surface area contributed by atoms with E-state index in [4.69, 9.17) is 4.74 Å². The van der Waals surface area contributed by atoms with E-state index in [9.17, 15) is 14.3 Å². The van der Waals surface area contributed by atoms with E-state index in [-0.39, 0.29) is 18.3 Å². The number of halogens is 1. The summed E-state index contributed by atoms with van der Waals surface area (Å²) in [6.45, 7) is 1.91. The molecule has 1 N–H and O–H groups in total. The summed E-state index contributed by atoms with van der Waals surface area (Å²) in [6, 6.07) is 5.79. The molecule has 4 nitrogen and oxygen atoms in total. The maximum absolute atomic E-state index is 13.0. The van der Waals surface area contributed by atoms with Crippen LogP contribution in [0.25, 0.3) is 0 Å². The molecule has 0 aliphatic carbocycles. The number of aliphatic carboxylic acids is 1. The predicted molar refractivity (Wildman–Crippen MR) is 73.2 cm³/mol. The van der Waals surface area contributed by atoms with Crippen molar-refractivity contribution in [1.82, 2.24) is 4.90 Å². The highest BCUT2D eigenvalue weighted by molar-refractivity contribution is 5.70. The second-order valence-electron chi connectivity index (χ2n) is 5.35. The molecule has 1 unspecified atom stereocenters. The summed E-state index contributed by atoms with van der Waals surface area (Å²) in [5.41, 5.74) is 0. The Bertz CT molecular complexity index is 458. The van der Waals surface area contributed by atoms with Crippen molar-refractivity contribution in [3.05, 3.63) is 30.1 Å². The van der Waals surface area contributed by atoms with Crippen LogP contribution in [-0.2, 0) is 4.79 Å². The Morgan fingerprint density at radius 3 is 2.80 bits per heavy atom. The van der Waals surface area contributed by atoms with Crippen LogP contribution in [0.5, 0.6) is 5.75 Å². The molecule has 0 amide bonds. The Labute approximate surface area is 118 Å². The van der Waals surface area contributed by atoms with E-state index in [1.54, 1.807) is 12.1 Å². The highest BCUT2D eigenvalue weighted by atomic mass is 19.1. The molecule has 0 spiro atoms. The van der Waals surface area contributed by atoms with Crippen LogP contribution in [0.2, 0.25) is 0 Å². The lowest BCUT2D eigenvalue weighted by Crippen LogP contribution is -2.38. The van der Waals surface area contributed by atoms with E-state index in [0.29, 0.717) is 5.75 Å². The molecule has 1 aromatic carbocycles. The number of nitrogens with zero attached hydrogens (tertiary/aromatic N) is 1. The fourth-order valence-electron chi connectivity index (χ4n) is 2.58. The molecular weight excluding hydrogens is 261 g/mol. The van der Waals surface area contributed by atoms with E-state index in [2.05, 4.69) is 4.90 Å². The van der Waals surface area contributed by atoms with Crippen LogP contribution in [0.1, 0.15) is 12.8 Å². The number of benzene rings is 1. The molecule has 1 aliphatic rings. The zero-order valence-corrected chi connectivity index (χ0v) is 11.6. The second kappa shape index (κ2) is 6.70. The number of hydrogen-bond donors (Lipinski definition) is 1. The Kier molecular flexibility index (Phi) is 4.95. The highest BCUT2D eigenvalue weighted by Crippen LogP contribution is 2.26. The lowest BCUT2D eigenvalue weighted by molar-refractivity contribution is -0.145. The molecule has 1 aromatic rings. The Balaban J connectivity index is 1.94. The minimum atomic E-state index is -0.837. The van der Waals surface area contributed by atoms with Gasteiger partial charge in [0.05, 0.1) is 5.92 Å². The van der Waals surface area contributed by atoms with Crippen LogP contribution in [0.4, 0.5) is 4.39 Å². The maximum Gasteiger partial charge on any atom is 0.310 e. The number of hydrogen-bond acceptors (Lipinski definition) is 3. The van der Waals surface area contributed by atoms with E-state index >= 15 is 0 Å². The number of carbonyl (C=O) groups is 1. The van der Waals surface area contributed by atoms with Gasteiger partial charge in [-0.3, -0.25) is 4.79 Å². The van der Waals surface area contributed by atoms with Crippen LogP contribution < -0.4 is 4.74 Å². The predicted octanol–water partition coefficient (Wildman–Crippen LogP) is 2.25. The van der Waals surface area contributed by atoms with Gasteiger partial charge in [0.2, 0.25) is 0 Å². The summed E-state index contributed by atoms with van der Waals surface area (Å²) in [5, 5.41) is 9.36. The zero-order chi connectivity index (χ0) is 14.5. The fourth-order valence-corrected chi connectivity index (χ4v) is 2.58. The maximum atomic E-state index is 13.0. The van der Waals surface area contributed by atoms with Crippen LogP contribution in [0.3, 0.4) is 0 Å². The van der Waals surface area contributed by atoms with Gasteiger partial charge in [-0.1, -0.05) is 6.07 Å². The molecule has 110 valence electrons. The summed E-state index contributed by atoms with van der Waals surface area (Å²) < 4.78 is 18.5. The Morgan fingerprint density at radius 2 is 2.20 bits per heavy atom. The van der Waals surface area contributed by atoms with Crippen LogP contribution in [-0.4, -0.2) is 42.7 Å². The molecular formula is C15H20FNO3. The van der Waals surface area contributed by atoms with Crippen LogP contribution in [0.15, 0.2) is 24.3 Å². The van der Waals surface area contributed by atoms with Gasteiger partial charge in [0.15, 0.2) is 0 Å². The molecule has 1 aliphatic heterocycles. The highest BCUT2D eigenvalue weighted by Gasteiger charge is 2.31. The van der Waals surface area contributed by atoms with E-state index in [1.165, 1.54) is 12.1 Å². The van der Waals surface area contributed by atoms with Gasteiger partial charge in [0.1, 0.15) is 18.2 Å². The van der Waals surface area contributed by atoms with Gasteiger partial charge < -0.3 is 14.7 Å². The number of ether oxygens (including phenoxy) is 1. The van der Waals surface area contributed by atoms with Crippen molar-refractivity contribution in [2.24, 2.45) is 11.8 Å². The number of carboxylic acid groups (broad SMARTS) is 1. The van der Waals surface area contributed by atoms with Crippen molar-refractivity contribution in [3.63, 3.8) is 0 Å². The van der Waals surface area contributed by atoms with E-state index in [0.717, 1.165) is 25.9 Å². The zero-order valence-electron chi connectivity index (χ0n) is 11.6. The van der Waals surface area contributed by atoms with Crippen molar-refractivity contribution in [2.75, 3.05) is 26.7 Å². The summed E-state index contributed by atoms with van der Waals surface area (Å²) >= 11 is 0. The fraction of sp³-hybridized carbons (Fsp3) is 0.533. The Hall–Kier alpha value is -1.62. The summed E-state index contributed by atoms with van der Waals surface area (Å²) in [6.07, 6.45) is 1.72. The van der Waals surface area contributed by atoms with E-state index < -0.39 is 11.9 Å². The van der Waals surface area contributed by atoms with Gasteiger partial charge in [-0.2, -0.15) is 0 Å². The molecule has 1 atom stereocenters. The van der Waals surface area contributed by atoms with Gasteiger partial charge in [-0.15, -0.1) is 0 Å². The van der Waals surface area contributed by atoms with Gasteiger partial charge in [-0.25, -0.2) is 4.39 Å². The third-order valence-corrected chi connectivity index (χ3v) is 3.88. The van der Waals surface area contributed by atoms with Crippen molar-refractivity contribution < 1.29 is 19.0 Å². The minimum Gasteiger partial charge on any atom is -0.493 e. The summed E-state index contributed by atoms with van der Waals surface area (Å²) in [7, 11) is 2.04. The number of carboxylic acids is 1. The molecule has 2 rings (SSSR count). The average Bonchev–Trinajstić information content (AvgIpc) is 2.41. The first kappa shape index (κ1) is 14.8. The summed E-state index contributed by atoms with van der Waals surface area (Å²) in [4.78, 5) is 13.6. The SMILES string of the molecule is CN1CCC(C(COc2cccc(F)c2)C(=O)O)CC1. The van der Waals surface area contributed by atoms with Crippen molar-refractivity contribution >= 4 is 5.97 Å². The minimum absolute atomic E-state index is 0.0904. The normalized spacial score (nSPS) is 18.7. The van der Waals surface area contributed by atoms with Gasteiger partial charge >= 0.3 is 5.97 Å². The third kappa shape index (κ3) is 3.93. The first-order chi connectivity index (χ1) is 9.56. The van der Waals surface area contributed by atoms with E-state index in [1.807, 2.05) is 7.05 Å². The first-order valence-electron chi connectivity index (χ1n) is 6.86. The van der Waals surface area contributed by atoms with Crippen molar-refractivity contribution in [2.45, 2.75) is 12.8 Å². The van der Waals surface area contributed by atoms with Crippen molar-refractivity contribution in [1.29, 1.82) is 0 Å². The number of likely N-dealkylation sites (tertiary alicyclic amines) is 1. The molecule has 5 heteroatoms. The quantitative estimate of drug-likeness (QED) is 0.899. The topological polar surface area (TPSA) is 49.8 Å². The second-order valence-corrected chi connectivity index (χ2v) is 5.35. The number of rotatable bonds is 5. The lowest BCUT2D eigenvalue weighted by Gasteiger charge is -2.32. The monoisotopic (exact) mass is 281 g/mol. The molecule has 20 heavy (non-hydrogen) atoms. The largest absolute Gasteiger partial charge is 0.493 e. The summed E-state index contributed by atoms with van der Waals surface area (Å²) in [5.74, 6) is -1.25. The molecule has 0 bridgehead atoms. The van der Waals surface area contributed by atoms with Gasteiger partial charge in [0, 0.05) is 6.07 Å². The Morgan fingerprint density at radius 1 is 1.50 bits per heavy atom. The van der Waals surface area contributed by atoms with Gasteiger partial charge in [0.25, 0.3) is 0 Å². The molecule has 1 saturated heterocycles. The van der Waals surface area contributed by atoms with Crippen LogP contribution >= 0.6 is 0 Å². The van der Waals surface area contributed by atoms with Gasteiger partial charge in [-0.05, 0) is 51.0 Å².